The average Bonchev–Trinajstić information content (AvgIpc) is 3.30. The SMILES string of the molecule is CCC(C)C([C@@H](CC(=O)N1CCCC1C(OC)C(C)C)OC)N(C)C(=O)CNC(=O)C(C(C)C)N(C)C. The predicted molar refractivity (Wildman–Crippen MR) is 147 cm³/mol. The standard InChI is InChI=1S/C28H54N4O5/c1-12-20(6)26(31(9)24(34)17-29-28(35)25(18(2)3)30(7)8)22(36-10)16-23(33)32-15-13-14-21(32)27(37-11)19(4)5/h18-22,25-27H,12-17H2,1-11H3,(H,29,35)/t20?,21?,22-,25?,26?,27?/m1/s1. The highest BCUT2D eigenvalue weighted by molar-refractivity contribution is 5.87. The van der Waals surface area contributed by atoms with Gasteiger partial charge in [-0.25, -0.2) is 0 Å². The maximum Gasteiger partial charge on any atom is 0.242 e. The summed E-state index contributed by atoms with van der Waals surface area (Å²) in [6.45, 7) is 13.0. The van der Waals surface area contributed by atoms with Gasteiger partial charge in [0.25, 0.3) is 0 Å². The number of nitrogens with zero attached hydrogens (tertiary/aromatic N) is 3. The van der Waals surface area contributed by atoms with E-state index in [4.69, 9.17) is 9.47 Å². The molecule has 0 aliphatic carbocycles. The maximum absolute atomic E-state index is 13.5. The van der Waals surface area contributed by atoms with Crippen LogP contribution in [0, 0.1) is 17.8 Å². The van der Waals surface area contributed by atoms with Gasteiger partial charge < -0.3 is 24.6 Å². The molecule has 3 amide bonds. The van der Waals surface area contributed by atoms with Crippen LogP contribution in [-0.4, -0.2) is 111 Å². The summed E-state index contributed by atoms with van der Waals surface area (Å²) in [5.74, 6) is 0.180. The van der Waals surface area contributed by atoms with Crippen LogP contribution >= 0.6 is 0 Å². The quantitative estimate of drug-likeness (QED) is 0.353. The molecule has 1 fully saturated rings. The number of amides is 3. The van der Waals surface area contributed by atoms with Crippen molar-refractivity contribution < 1.29 is 23.9 Å². The zero-order chi connectivity index (χ0) is 28.4. The third-order valence-corrected chi connectivity index (χ3v) is 7.93. The molecule has 6 atom stereocenters. The monoisotopic (exact) mass is 526 g/mol. The van der Waals surface area contributed by atoms with Gasteiger partial charge in [-0.3, -0.25) is 19.3 Å². The van der Waals surface area contributed by atoms with E-state index < -0.39 is 6.10 Å². The smallest absolute Gasteiger partial charge is 0.242 e. The van der Waals surface area contributed by atoms with Gasteiger partial charge in [-0.05, 0) is 44.7 Å². The fraction of sp³-hybridized carbons (Fsp3) is 0.893. The van der Waals surface area contributed by atoms with Gasteiger partial charge in [-0.15, -0.1) is 0 Å². The summed E-state index contributed by atoms with van der Waals surface area (Å²) in [4.78, 5) is 45.0. The Labute approximate surface area is 225 Å². The van der Waals surface area contributed by atoms with Gasteiger partial charge in [0, 0.05) is 27.8 Å². The van der Waals surface area contributed by atoms with E-state index in [1.54, 1.807) is 26.2 Å². The molecule has 0 radical (unpaired) electrons. The third-order valence-electron chi connectivity index (χ3n) is 7.93. The number of carbonyl (C=O) groups is 3. The molecule has 1 N–H and O–H groups in total. The second-order valence-electron chi connectivity index (χ2n) is 11.5. The van der Waals surface area contributed by atoms with Gasteiger partial charge in [-0.1, -0.05) is 48.0 Å². The Morgan fingerprint density at radius 2 is 1.62 bits per heavy atom. The summed E-state index contributed by atoms with van der Waals surface area (Å²) < 4.78 is 11.6. The Kier molecular flexibility index (Phi) is 14.1. The Hall–Kier alpha value is -1.71. The molecular formula is C28H54N4O5. The Balaban J connectivity index is 3.00. The minimum atomic E-state index is -0.460. The Morgan fingerprint density at radius 3 is 2.08 bits per heavy atom. The number of carbonyl (C=O) groups excluding carboxylic acids is 3. The van der Waals surface area contributed by atoms with Crippen molar-refractivity contribution in [1.29, 1.82) is 0 Å². The van der Waals surface area contributed by atoms with E-state index in [9.17, 15) is 14.4 Å². The summed E-state index contributed by atoms with van der Waals surface area (Å²) in [6, 6.07) is -0.567. The molecule has 1 aliphatic heterocycles. The number of ether oxygens (including phenoxy) is 2. The lowest BCUT2D eigenvalue weighted by Crippen LogP contribution is -2.55. The molecular weight excluding hydrogens is 472 g/mol. The zero-order valence-electron chi connectivity index (χ0n) is 25.2. The van der Waals surface area contributed by atoms with Crippen molar-refractivity contribution in [3.63, 3.8) is 0 Å². The number of likely N-dealkylation sites (N-methyl/N-ethyl adjacent to an activating group) is 2. The van der Waals surface area contributed by atoms with Crippen molar-refractivity contribution >= 4 is 17.7 Å². The molecule has 9 nitrogen and oxygen atoms in total. The number of likely N-dealkylation sites (tertiary alicyclic amines) is 1. The lowest BCUT2D eigenvalue weighted by molar-refractivity contribution is -0.144. The number of methoxy groups -OCH3 is 2. The number of nitrogens with one attached hydrogen (secondary N) is 1. The van der Waals surface area contributed by atoms with E-state index in [1.165, 1.54) is 0 Å². The summed E-state index contributed by atoms with van der Waals surface area (Å²) in [5.41, 5.74) is 0. The summed E-state index contributed by atoms with van der Waals surface area (Å²) in [5, 5.41) is 2.81. The van der Waals surface area contributed by atoms with Gasteiger partial charge in [0.05, 0.1) is 43.3 Å². The van der Waals surface area contributed by atoms with Gasteiger partial charge in [0.1, 0.15) is 0 Å². The molecule has 1 saturated heterocycles. The molecule has 0 aromatic heterocycles. The van der Waals surface area contributed by atoms with Crippen LogP contribution in [0.15, 0.2) is 0 Å². The van der Waals surface area contributed by atoms with Crippen molar-refractivity contribution in [3.05, 3.63) is 0 Å². The minimum Gasteiger partial charge on any atom is -0.379 e. The van der Waals surface area contributed by atoms with E-state index in [0.717, 1.165) is 19.3 Å². The highest BCUT2D eigenvalue weighted by atomic mass is 16.5. The van der Waals surface area contributed by atoms with Gasteiger partial charge in [0.15, 0.2) is 0 Å². The van der Waals surface area contributed by atoms with Crippen LogP contribution in [0.3, 0.4) is 0 Å². The molecule has 0 spiro atoms. The zero-order valence-corrected chi connectivity index (χ0v) is 25.2. The van der Waals surface area contributed by atoms with Crippen molar-refractivity contribution in [2.75, 3.05) is 48.5 Å². The van der Waals surface area contributed by atoms with Crippen molar-refractivity contribution in [3.8, 4) is 0 Å². The third kappa shape index (κ3) is 8.93. The largest absolute Gasteiger partial charge is 0.379 e. The molecule has 0 saturated carbocycles. The highest BCUT2D eigenvalue weighted by Gasteiger charge is 2.40. The predicted octanol–water partition coefficient (Wildman–Crippen LogP) is 2.63. The summed E-state index contributed by atoms with van der Waals surface area (Å²) >= 11 is 0. The van der Waals surface area contributed by atoms with Crippen LogP contribution in [0.2, 0.25) is 0 Å². The van der Waals surface area contributed by atoms with Crippen LogP contribution in [0.4, 0.5) is 0 Å². The molecule has 37 heavy (non-hydrogen) atoms. The molecule has 9 heteroatoms. The first-order chi connectivity index (χ1) is 17.3. The molecule has 216 valence electrons. The van der Waals surface area contributed by atoms with Crippen molar-refractivity contribution in [2.24, 2.45) is 17.8 Å². The second kappa shape index (κ2) is 15.6. The first-order valence-corrected chi connectivity index (χ1v) is 13.9. The molecule has 0 aromatic carbocycles. The topological polar surface area (TPSA) is 91.4 Å². The summed E-state index contributed by atoms with van der Waals surface area (Å²) in [7, 11) is 8.78. The first kappa shape index (κ1) is 33.3. The van der Waals surface area contributed by atoms with Crippen LogP contribution in [0.1, 0.15) is 67.2 Å². The average molecular weight is 527 g/mol. The number of hydrogen-bond donors (Lipinski definition) is 1. The lowest BCUT2D eigenvalue weighted by Gasteiger charge is -2.39. The Morgan fingerprint density at radius 1 is 1.00 bits per heavy atom. The van der Waals surface area contributed by atoms with Crippen molar-refractivity contribution in [2.45, 2.75) is 97.6 Å². The molecule has 0 bridgehead atoms. The second-order valence-corrected chi connectivity index (χ2v) is 11.5. The van der Waals surface area contributed by atoms with Crippen LogP contribution < -0.4 is 5.32 Å². The molecule has 1 rings (SSSR count). The van der Waals surface area contributed by atoms with Gasteiger partial charge >= 0.3 is 0 Å². The minimum absolute atomic E-state index is 0.0116. The van der Waals surface area contributed by atoms with E-state index in [1.807, 2.05) is 37.7 Å². The normalized spacial score (nSPS) is 20.2. The fourth-order valence-electron chi connectivity index (χ4n) is 5.88. The van der Waals surface area contributed by atoms with Gasteiger partial charge in [0.2, 0.25) is 17.7 Å². The maximum atomic E-state index is 13.5. The van der Waals surface area contributed by atoms with Crippen molar-refractivity contribution in [1.82, 2.24) is 20.0 Å². The van der Waals surface area contributed by atoms with E-state index in [-0.39, 0.29) is 66.8 Å². The first-order valence-electron chi connectivity index (χ1n) is 13.9. The molecule has 1 aliphatic rings. The number of rotatable bonds is 15. The van der Waals surface area contributed by atoms with Crippen LogP contribution in [-0.2, 0) is 23.9 Å². The van der Waals surface area contributed by atoms with E-state index in [2.05, 4.69) is 33.0 Å². The van der Waals surface area contributed by atoms with Crippen LogP contribution in [0.25, 0.3) is 0 Å². The number of hydrogen-bond acceptors (Lipinski definition) is 6. The molecule has 0 aromatic rings. The molecule has 1 heterocycles. The molecule has 5 unspecified atom stereocenters. The summed E-state index contributed by atoms with van der Waals surface area (Å²) in [6.07, 6.45) is 2.43. The van der Waals surface area contributed by atoms with E-state index in [0.29, 0.717) is 12.5 Å². The highest BCUT2D eigenvalue weighted by Crippen LogP contribution is 2.28. The Bertz CT molecular complexity index is 721. The lowest BCUT2D eigenvalue weighted by atomic mass is 9.90. The van der Waals surface area contributed by atoms with Gasteiger partial charge in [-0.2, -0.15) is 0 Å². The van der Waals surface area contributed by atoms with E-state index >= 15 is 0 Å². The van der Waals surface area contributed by atoms with Crippen LogP contribution in [0.5, 0.6) is 0 Å². The fourth-order valence-corrected chi connectivity index (χ4v) is 5.88.